The Labute approximate surface area is 237 Å². The Morgan fingerprint density at radius 1 is 1.08 bits per heavy atom. The van der Waals surface area contributed by atoms with E-state index in [0.29, 0.717) is 45.1 Å². The number of nitrogens with one attached hydrogen (secondary N) is 2. The summed E-state index contributed by atoms with van der Waals surface area (Å²) in [6.45, 7) is 4.67. The molecule has 3 aromatic rings. The van der Waals surface area contributed by atoms with E-state index in [1.165, 1.54) is 39.2 Å². The average Bonchev–Trinajstić information content (AvgIpc) is 3.31. The van der Waals surface area contributed by atoms with Crippen molar-refractivity contribution in [1.82, 2.24) is 12.3 Å². The van der Waals surface area contributed by atoms with Gasteiger partial charge in [-0.1, -0.05) is 26.7 Å². The van der Waals surface area contributed by atoms with E-state index in [2.05, 4.69) is 28.8 Å². The number of ether oxygens (including phenoxy) is 2. The molecule has 0 spiro atoms. The number of unbranched alkanes of at least 4 members (excludes halogenated alkanes) is 3. The molecular formula is C28H40N5O3Tl. The number of anilines is 3. The summed E-state index contributed by atoms with van der Waals surface area (Å²) in [5.41, 5.74) is 3.05. The maximum absolute atomic E-state index is 11.1. The molecule has 1 aromatic carbocycles. The molecular weight excluding hydrogens is 659 g/mol. The Morgan fingerprint density at radius 2 is 1.81 bits per heavy atom. The molecule has 0 saturated heterocycles. The van der Waals surface area contributed by atoms with Crippen LogP contribution < -0.4 is 15.4 Å². The topological polar surface area (TPSA) is 90.3 Å². The second kappa shape index (κ2) is 15.8. The van der Waals surface area contributed by atoms with Crippen molar-refractivity contribution in [2.75, 3.05) is 24.4 Å². The molecule has 0 atom stereocenters. The van der Waals surface area contributed by atoms with Crippen molar-refractivity contribution in [3.8, 4) is 5.75 Å². The first-order valence-electron chi connectivity index (χ1n) is 13.6. The van der Waals surface area contributed by atoms with E-state index < -0.39 is 0 Å². The monoisotopic (exact) mass is 699 g/mol. The number of aromatic nitrogens is 3. The fourth-order valence-electron chi connectivity index (χ4n) is 4.44. The van der Waals surface area contributed by atoms with E-state index in [1.807, 2.05) is 44.4 Å². The number of esters is 1. The molecule has 0 radical (unpaired) electrons. The molecule has 8 nitrogen and oxygen atoms in total. The van der Waals surface area contributed by atoms with Crippen LogP contribution in [0.3, 0.4) is 0 Å². The zero-order valence-corrected chi connectivity index (χ0v) is 27.0. The molecule has 0 unspecified atom stereocenters. The Hall–Kier alpha value is -2.37. The molecule has 0 amide bonds. The number of pyridine rings is 1. The van der Waals surface area contributed by atoms with E-state index >= 15 is 0 Å². The summed E-state index contributed by atoms with van der Waals surface area (Å²) in [5.74, 6) is 2.41. The molecule has 2 heterocycles. The third kappa shape index (κ3) is 9.15. The fraction of sp³-hybridized carbons (Fsp3) is 0.536. The number of hydrogen-bond acceptors (Lipinski definition) is 7. The molecule has 198 valence electrons. The minimum atomic E-state index is -0.135. The molecule has 0 bridgehead atoms. The molecule has 4 rings (SSSR count). The van der Waals surface area contributed by atoms with E-state index in [9.17, 15) is 4.79 Å². The number of carbonyl (C=O) groups excluding carboxylic acids is 1. The van der Waals surface area contributed by atoms with Gasteiger partial charge in [0.15, 0.2) is 0 Å². The van der Waals surface area contributed by atoms with Gasteiger partial charge in [-0.05, 0) is 6.42 Å². The first-order valence-corrected chi connectivity index (χ1v) is 15.6. The zero-order chi connectivity index (χ0) is 26.5. The molecule has 37 heavy (non-hydrogen) atoms. The van der Waals surface area contributed by atoms with Gasteiger partial charge in [-0.25, -0.2) is 0 Å². The summed E-state index contributed by atoms with van der Waals surface area (Å²) in [5, 5.41) is 7.13. The van der Waals surface area contributed by atoms with Crippen LogP contribution in [0.25, 0.3) is 11.0 Å². The standard InChI is InChI=1S/C26H34N5O3.C2H6.Tl/c1-33-24(32)11-7-2-3-8-16-34-21-14-12-20(13-15-21)29-23-17-22-25(28-18-27-22)26(31-23)30-19-9-5-4-6-10-19;1-2;/h12-15,17-19H,2-11,16H2,1H3,(H2-,27,28,29,30,31);1-2H3;/q-1;;+1. The van der Waals surface area contributed by atoms with Crippen molar-refractivity contribution in [3.05, 3.63) is 36.7 Å². The van der Waals surface area contributed by atoms with Crippen molar-refractivity contribution >= 4 is 60.4 Å². The summed E-state index contributed by atoms with van der Waals surface area (Å²) in [7, 11) is 1.43. The van der Waals surface area contributed by atoms with Crippen LogP contribution in [-0.4, -0.2) is 64.1 Å². The van der Waals surface area contributed by atoms with Gasteiger partial charge in [-0.2, -0.15) is 0 Å². The summed E-state index contributed by atoms with van der Waals surface area (Å²) in [6, 6.07) is 10.6. The zero-order valence-electron chi connectivity index (χ0n) is 22.5. The summed E-state index contributed by atoms with van der Waals surface area (Å²) in [6.07, 6.45) is 12.6. The summed E-state index contributed by atoms with van der Waals surface area (Å²) < 4.78 is 12.7. The van der Waals surface area contributed by atoms with Gasteiger partial charge in [0.2, 0.25) is 0 Å². The van der Waals surface area contributed by atoms with Crippen molar-refractivity contribution < 1.29 is 14.3 Å². The second-order valence-electron chi connectivity index (χ2n) is 9.09. The Kier molecular flexibility index (Phi) is 12.5. The number of imidazole rings is 1. The molecule has 2 N–H and O–H groups in total. The van der Waals surface area contributed by atoms with Gasteiger partial charge in [0, 0.05) is 6.42 Å². The van der Waals surface area contributed by atoms with Crippen molar-refractivity contribution in [2.45, 2.75) is 84.1 Å². The van der Waals surface area contributed by atoms with Crippen LogP contribution in [0.15, 0.2) is 36.7 Å². The van der Waals surface area contributed by atoms with Crippen LogP contribution in [0.5, 0.6) is 5.75 Å². The second-order valence-corrected chi connectivity index (χ2v) is 11.3. The van der Waals surface area contributed by atoms with Crippen LogP contribution >= 0.6 is 0 Å². The number of methoxy groups -OCH3 is 1. The molecule has 1 saturated carbocycles. The molecule has 1 aliphatic carbocycles. The van der Waals surface area contributed by atoms with Gasteiger partial charge in [0.1, 0.15) is 0 Å². The Morgan fingerprint density at radius 3 is 2.54 bits per heavy atom. The predicted molar refractivity (Wildman–Crippen MR) is 151 cm³/mol. The van der Waals surface area contributed by atoms with E-state index in [0.717, 1.165) is 59.8 Å². The average molecular weight is 699 g/mol. The number of benzene rings is 1. The number of fused-ring (bicyclic) bond motifs is 1. The quantitative estimate of drug-likeness (QED) is 0.129. The fourth-order valence-corrected chi connectivity index (χ4v) is 5.46. The third-order valence-electron chi connectivity index (χ3n) is 6.41. The predicted octanol–water partition coefficient (Wildman–Crippen LogP) is 6.38. The van der Waals surface area contributed by atoms with Gasteiger partial charge in [0.25, 0.3) is 0 Å². The van der Waals surface area contributed by atoms with Gasteiger partial charge < -0.3 is 4.74 Å². The van der Waals surface area contributed by atoms with Crippen molar-refractivity contribution in [1.29, 1.82) is 0 Å². The van der Waals surface area contributed by atoms with Gasteiger partial charge in [-0.15, -0.1) is 0 Å². The Bertz CT molecular complexity index is 1100. The first-order chi connectivity index (χ1) is 18.1. The van der Waals surface area contributed by atoms with Gasteiger partial charge >= 0.3 is 182 Å². The van der Waals surface area contributed by atoms with Crippen LogP contribution in [0.1, 0.15) is 78.1 Å². The summed E-state index contributed by atoms with van der Waals surface area (Å²) >= 11 is 0.645. The first kappa shape index (κ1) is 29.2. The van der Waals surface area contributed by atoms with Crippen molar-refractivity contribution in [2.24, 2.45) is 0 Å². The summed E-state index contributed by atoms with van der Waals surface area (Å²) in [4.78, 5) is 20.6. The molecule has 2 aromatic heterocycles. The number of hydrogen-bond donors (Lipinski definition) is 2. The number of rotatable bonds is 12. The minimum absolute atomic E-state index is 0.135. The third-order valence-corrected chi connectivity index (χ3v) is 8.01. The number of nitrogens with zero attached hydrogens (tertiary/aromatic N) is 3. The molecule has 1 fully saturated rings. The van der Waals surface area contributed by atoms with Gasteiger partial charge in [0.05, 0.1) is 7.11 Å². The maximum atomic E-state index is 11.1. The van der Waals surface area contributed by atoms with Gasteiger partial charge in [-0.3, -0.25) is 4.79 Å². The van der Waals surface area contributed by atoms with Crippen LogP contribution in [0.4, 0.5) is 17.3 Å². The molecule has 0 aliphatic heterocycles. The van der Waals surface area contributed by atoms with E-state index in [4.69, 9.17) is 9.72 Å². The SMILES string of the molecule is CC.COC(=O)CCCCCCOc1ccc(Nc2cc3c(nc[n]3[Tl])c(NC3CCCCC3)n2)cc1. The van der Waals surface area contributed by atoms with Crippen LogP contribution in [0.2, 0.25) is 0 Å². The van der Waals surface area contributed by atoms with E-state index in [-0.39, 0.29) is 5.97 Å². The van der Waals surface area contributed by atoms with Crippen molar-refractivity contribution in [3.63, 3.8) is 0 Å². The molecule has 1 aliphatic rings. The molecule has 9 heteroatoms. The normalized spacial score (nSPS) is 13.5. The van der Waals surface area contributed by atoms with E-state index in [1.54, 1.807) is 0 Å². The Balaban J connectivity index is 0.00000186. The van der Waals surface area contributed by atoms with Crippen LogP contribution in [-0.2, 0) is 9.53 Å². The number of carbonyl (C=O) groups is 1. The van der Waals surface area contributed by atoms with Crippen LogP contribution in [0, 0.1) is 0 Å².